The highest BCUT2D eigenvalue weighted by Crippen LogP contribution is 2.35. The fourth-order valence-corrected chi connectivity index (χ4v) is 3.84. The van der Waals surface area contributed by atoms with Crippen molar-refractivity contribution in [2.75, 3.05) is 17.6 Å². The minimum absolute atomic E-state index is 0.00193. The summed E-state index contributed by atoms with van der Waals surface area (Å²) in [6.45, 7) is -0.00193. The number of carbonyl (C=O) groups excluding carboxylic acids is 2. The monoisotopic (exact) mass is 342 g/mol. The highest BCUT2D eigenvalue weighted by atomic mass is 32.2. The van der Waals surface area contributed by atoms with Gasteiger partial charge in [-0.05, 0) is 23.3 Å². The zero-order chi connectivity index (χ0) is 17.0. The topological polar surface area (TPSA) is 78.4 Å². The molecule has 0 aromatic heterocycles. The fourth-order valence-electron chi connectivity index (χ4n) is 2.67. The molecule has 2 aromatic carbocycles. The lowest BCUT2D eigenvalue weighted by atomic mass is 9.91. The van der Waals surface area contributed by atoms with Crippen LogP contribution in [0.1, 0.15) is 11.1 Å². The quantitative estimate of drug-likeness (QED) is 0.744. The summed E-state index contributed by atoms with van der Waals surface area (Å²) in [5, 5.41) is 15.9. The van der Waals surface area contributed by atoms with Crippen molar-refractivity contribution in [1.29, 1.82) is 0 Å². The lowest BCUT2D eigenvalue weighted by Gasteiger charge is -2.34. The van der Waals surface area contributed by atoms with Gasteiger partial charge in [-0.15, -0.1) is 0 Å². The van der Waals surface area contributed by atoms with E-state index in [-0.39, 0.29) is 6.54 Å². The van der Waals surface area contributed by atoms with Crippen molar-refractivity contribution < 1.29 is 14.7 Å². The molecule has 6 heteroatoms. The van der Waals surface area contributed by atoms with E-state index in [1.54, 1.807) is 36.0 Å². The molecule has 2 amide bonds. The number of benzene rings is 2. The molecule has 24 heavy (non-hydrogen) atoms. The Labute approximate surface area is 144 Å². The summed E-state index contributed by atoms with van der Waals surface area (Å²) in [6, 6.07) is 16.4. The maximum Gasteiger partial charge on any atom is 0.313 e. The lowest BCUT2D eigenvalue weighted by molar-refractivity contribution is -0.136. The Balaban J connectivity index is 1.63. The van der Waals surface area contributed by atoms with E-state index < -0.39 is 17.4 Å². The van der Waals surface area contributed by atoms with Crippen molar-refractivity contribution in [2.24, 2.45) is 0 Å². The molecule has 3 rings (SSSR count). The molecule has 1 aliphatic rings. The summed E-state index contributed by atoms with van der Waals surface area (Å²) in [4.78, 5) is 23.9. The van der Waals surface area contributed by atoms with Gasteiger partial charge in [-0.1, -0.05) is 42.5 Å². The molecular weight excluding hydrogens is 324 g/mol. The fraction of sp³-hybridized carbons (Fsp3) is 0.222. The Hall–Kier alpha value is -2.31. The molecule has 1 aliphatic heterocycles. The van der Waals surface area contributed by atoms with Crippen LogP contribution in [0.15, 0.2) is 54.6 Å². The molecule has 0 spiro atoms. The number of hydrogen-bond acceptors (Lipinski definition) is 4. The Kier molecular flexibility index (Phi) is 4.87. The first-order valence-corrected chi connectivity index (χ1v) is 8.77. The van der Waals surface area contributed by atoms with E-state index in [1.807, 2.05) is 30.3 Å². The molecule has 124 valence electrons. The van der Waals surface area contributed by atoms with Gasteiger partial charge in [0.25, 0.3) is 0 Å². The average molecular weight is 342 g/mol. The summed E-state index contributed by atoms with van der Waals surface area (Å²) in [6.07, 6.45) is 0. The molecule has 0 aliphatic carbocycles. The molecule has 2 aromatic rings. The predicted octanol–water partition coefficient (Wildman–Crippen LogP) is 1.88. The van der Waals surface area contributed by atoms with Crippen molar-refractivity contribution >= 4 is 29.3 Å². The van der Waals surface area contributed by atoms with Crippen LogP contribution in [0.2, 0.25) is 0 Å². The first-order valence-electron chi connectivity index (χ1n) is 7.61. The van der Waals surface area contributed by atoms with Crippen LogP contribution in [0.4, 0.5) is 5.69 Å². The second kappa shape index (κ2) is 7.07. The number of hydrogen-bond donors (Lipinski definition) is 3. The van der Waals surface area contributed by atoms with Crippen molar-refractivity contribution in [2.45, 2.75) is 11.4 Å². The van der Waals surface area contributed by atoms with Gasteiger partial charge in [0.1, 0.15) is 5.60 Å². The predicted molar refractivity (Wildman–Crippen MR) is 94.6 cm³/mol. The van der Waals surface area contributed by atoms with Crippen LogP contribution < -0.4 is 10.6 Å². The van der Waals surface area contributed by atoms with E-state index in [1.165, 1.54) is 0 Å². The van der Waals surface area contributed by atoms with Gasteiger partial charge in [0.2, 0.25) is 0 Å². The normalized spacial score (nSPS) is 19.2. The lowest BCUT2D eigenvalue weighted by Crippen LogP contribution is -2.47. The van der Waals surface area contributed by atoms with Crippen molar-refractivity contribution in [1.82, 2.24) is 5.32 Å². The highest BCUT2D eigenvalue weighted by Gasteiger charge is 2.35. The Morgan fingerprint density at radius 2 is 1.75 bits per heavy atom. The van der Waals surface area contributed by atoms with Crippen molar-refractivity contribution in [3.05, 3.63) is 65.7 Å². The smallest absolute Gasteiger partial charge is 0.313 e. The number of nitrogens with one attached hydrogen (secondary N) is 2. The number of thioether (sulfide) groups is 1. The second-order valence-corrected chi connectivity index (χ2v) is 6.67. The van der Waals surface area contributed by atoms with Gasteiger partial charge in [-0.25, -0.2) is 0 Å². The van der Waals surface area contributed by atoms with Crippen LogP contribution in [0.3, 0.4) is 0 Å². The molecule has 5 nitrogen and oxygen atoms in total. The number of anilines is 1. The van der Waals surface area contributed by atoms with Crippen LogP contribution in [0.25, 0.3) is 0 Å². The van der Waals surface area contributed by atoms with E-state index in [2.05, 4.69) is 10.6 Å². The standard InChI is InChI=1S/C18H18N2O3S/c21-16(17(22)20-14-7-2-1-3-8-14)19-11-18(23)12-24-10-13-6-4-5-9-15(13)18/h1-9,23H,10-12H2,(H,19,21)(H,20,22). The minimum Gasteiger partial charge on any atom is -0.382 e. The van der Waals surface area contributed by atoms with Crippen LogP contribution in [-0.4, -0.2) is 29.2 Å². The largest absolute Gasteiger partial charge is 0.382 e. The number of fused-ring (bicyclic) bond motifs is 1. The summed E-state index contributed by atoms with van der Waals surface area (Å²) < 4.78 is 0. The third kappa shape index (κ3) is 3.60. The van der Waals surface area contributed by atoms with Gasteiger partial charge in [0.15, 0.2) is 0 Å². The Bertz CT molecular complexity index is 751. The Morgan fingerprint density at radius 1 is 1.04 bits per heavy atom. The first-order chi connectivity index (χ1) is 11.6. The van der Waals surface area contributed by atoms with Gasteiger partial charge in [-0.3, -0.25) is 9.59 Å². The average Bonchev–Trinajstić information content (AvgIpc) is 2.61. The van der Waals surface area contributed by atoms with Gasteiger partial charge in [0, 0.05) is 17.2 Å². The third-order valence-corrected chi connectivity index (χ3v) is 5.09. The number of para-hydroxylation sites is 1. The molecule has 1 heterocycles. The number of rotatable bonds is 3. The number of amides is 2. The summed E-state index contributed by atoms with van der Waals surface area (Å²) in [5.41, 5.74) is 1.25. The molecule has 0 bridgehead atoms. The van der Waals surface area contributed by atoms with Gasteiger partial charge >= 0.3 is 11.8 Å². The van der Waals surface area contributed by atoms with Crippen LogP contribution in [0.5, 0.6) is 0 Å². The summed E-state index contributed by atoms with van der Waals surface area (Å²) >= 11 is 1.61. The van der Waals surface area contributed by atoms with Crippen molar-refractivity contribution in [3.63, 3.8) is 0 Å². The minimum atomic E-state index is -1.16. The first kappa shape index (κ1) is 16.5. The third-order valence-electron chi connectivity index (χ3n) is 3.90. The van der Waals surface area contributed by atoms with Crippen LogP contribution in [0, 0.1) is 0 Å². The van der Waals surface area contributed by atoms with Crippen LogP contribution in [-0.2, 0) is 20.9 Å². The molecule has 0 saturated heterocycles. The highest BCUT2D eigenvalue weighted by molar-refractivity contribution is 7.98. The molecule has 0 fully saturated rings. The van der Waals surface area contributed by atoms with Gasteiger partial charge in [-0.2, -0.15) is 11.8 Å². The summed E-state index contributed by atoms with van der Waals surface area (Å²) in [7, 11) is 0. The number of aliphatic hydroxyl groups is 1. The van der Waals surface area contributed by atoms with E-state index in [4.69, 9.17) is 0 Å². The summed E-state index contributed by atoms with van der Waals surface area (Å²) in [5.74, 6) is -0.201. The molecule has 1 atom stereocenters. The van der Waals surface area contributed by atoms with E-state index >= 15 is 0 Å². The Morgan fingerprint density at radius 3 is 2.54 bits per heavy atom. The SMILES string of the molecule is O=C(NCC1(O)CSCc2ccccc21)C(=O)Nc1ccccc1. The molecule has 3 N–H and O–H groups in total. The number of carbonyl (C=O) groups is 2. The van der Waals surface area contributed by atoms with E-state index in [0.717, 1.165) is 16.9 Å². The molecule has 1 unspecified atom stereocenters. The van der Waals surface area contributed by atoms with Crippen LogP contribution >= 0.6 is 11.8 Å². The maximum atomic E-state index is 12.0. The zero-order valence-electron chi connectivity index (χ0n) is 13.0. The second-order valence-electron chi connectivity index (χ2n) is 5.68. The van der Waals surface area contributed by atoms with Crippen molar-refractivity contribution in [3.8, 4) is 0 Å². The van der Waals surface area contributed by atoms with Gasteiger partial charge < -0.3 is 15.7 Å². The molecule has 0 radical (unpaired) electrons. The zero-order valence-corrected chi connectivity index (χ0v) is 13.8. The van der Waals surface area contributed by atoms with Gasteiger partial charge in [0.05, 0.1) is 6.54 Å². The van der Waals surface area contributed by atoms with E-state index in [9.17, 15) is 14.7 Å². The molecular formula is C18H18N2O3S. The van der Waals surface area contributed by atoms with E-state index in [0.29, 0.717) is 11.4 Å². The maximum absolute atomic E-state index is 12.0. The molecule has 0 saturated carbocycles.